The Balaban J connectivity index is 1.63. The number of carbonyl (C=O) groups excluding carboxylic acids is 1. The molecule has 0 aliphatic heterocycles. The van der Waals surface area contributed by atoms with Crippen molar-refractivity contribution >= 4 is 5.91 Å². The van der Waals surface area contributed by atoms with E-state index in [1.54, 1.807) is 0 Å². The van der Waals surface area contributed by atoms with E-state index in [9.17, 15) is 4.79 Å². The lowest BCUT2D eigenvalue weighted by atomic mass is 9.81. The molecule has 16 heavy (non-hydrogen) atoms. The molecule has 0 saturated heterocycles. The van der Waals surface area contributed by atoms with Crippen LogP contribution in [0.2, 0.25) is 0 Å². The number of hydrogen-bond donors (Lipinski definition) is 2. The monoisotopic (exact) mass is 224 g/mol. The van der Waals surface area contributed by atoms with Gasteiger partial charge in [-0.2, -0.15) is 0 Å². The maximum Gasteiger partial charge on any atom is 0.237 e. The fourth-order valence-corrected chi connectivity index (χ4v) is 2.35. The van der Waals surface area contributed by atoms with Crippen LogP contribution in [0.3, 0.4) is 0 Å². The molecule has 3 heteroatoms. The summed E-state index contributed by atoms with van der Waals surface area (Å²) in [5, 5.41) is 6.44. The van der Waals surface area contributed by atoms with Crippen molar-refractivity contribution < 1.29 is 4.79 Å². The van der Waals surface area contributed by atoms with Crippen molar-refractivity contribution in [1.29, 1.82) is 0 Å². The Morgan fingerprint density at radius 2 is 1.94 bits per heavy atom. The van der Waals surface area contributed by atoms with Gasteiger partial charge in [0.15, 0.2) is 0 Å². The van der Waals surface area contributed by atoms with Crippen molar-refractivity contribution in [3.63, 3.8) is 0 Å². The molecule has 0 heterocycles. The zero-order chi connectivity index (χ0) is 11.5. The Morgan fingerprint density at radius 1 is 1.25 bits per heavy atom. The Bertz CT molecular complexity index is 246. The lowest BCUT2D eigenvalue weighted by Crippen LogP contribution is -2.47. The molecule has 92 valence electrons. The van der Waals surface area contributed by atoms with Gasteiger partial charge in [-0.3, -0.25) is 4.79 Å². The molecule has 1 amide bonds. The van der Waals surface area contributed by atoms with Crippen molar-refractivity contribution in [3.8, 4) is 0 Å². The molecule has 2 atom stereocenters. The number of amides is 1. The van der Waals surface area contributed by atoms with E-state index in [0.717, 1.165) is 18.8 Å². The molecule has 2 aliphatic rings. The van der Waals surface area contributed by atoms with Crippen LogP contribution in [0, 0.1) is 5.92 Å². The molecule has 0 spiro atoms. The molecule has 2 fully saturated rings. The second-order valence-corrected chi connectivity index (χ2v) is 5.60. The van der Waals surface area contributed by atoms with Gasteiger partial charge in [-0.25, -0.2) is 0 Å². The number of rotatable bonds is 6. The summed E-state index contributed by atoms with van der Waals surface area (Å²) in [6, 6.07) is 0.889. The van der Waals surface area contributed by atoms with Crippen molar-refractivity contribution in [2.45, 2.75) is 70.5 Å². The Labute approximate surface area is 98.4 Å². The van der Waals surface area contributed by atoms with Crippen molar-refractivity contribution in [3.05, 3.63) is 0 Å². The minimum absolute atomic E-state index is 0.0457. The topological polar surface area (TPSA) is 41.1 Å². The van der Waals surface area contributed by atoms with Crippen LogP contribution in [0.15, 0.2) is 0 Å². The van der Waals surface area contributed by atoms with Gasteiger partial charge in [-0.15, -0.1) is 0 Å². The van der Waals surface area contributed by atoms with Gasteiger partial charge in [-0.05, 0) is 39.0 Å². The highest BCUT2D eigenvalue weighted by atomic mass is 16.2. The summed E-state index contributed by atoms with van der Waals surface area (Å²) in [4.78, 5) is 11.7. The highest BCUT2D eigenvalue weighted by Gasteiger charge is 2.26. The average Bonchev–Trinajstić information content (AvgIpc) is 2.95. The molecule has 2 aliphatic carbocycles. The lowest BCUT2D eigenvalue weighted by Gasteiger charge is -2.29. The van der Waals surface area contributed by atoms with E-state index in [4.69, 9.17) is 0 Å². The second kappa shape index (κ2) is 5.17. The van der Waals surface area contributed by atoms with Gasteiger partial charge < -0.3 is 10.6 Å². The summed E-state index contributed by atoms with van der Waals surface area (Å²) in [6.45, 7) is 4.16. The van der Waals surface area contributed by atoms with Crippen LogP contribution in [0.5, 0.6) is 0 Å². The van der Waals surface area contributed by atoms with Gasteiger partial charge in [0.1, 0.15) is 0 Å². The number of hydrogen-bond acceptors (Lipinski definition) is 2. The molecule has 2 unspecified atom stereocenters. The van der Waals surface area contributed by atoms with E-state index < -0.39 is 0 Å². The molecule has 0 aromatic heterocycles. The van der Waals surface area contributed by atoms with Crippen LogP contribution in [0.25, 0.3) is 0 Å². The van der Waals surface area contributed by atoms with E-state index in [2.05, 4.69) is 17.6 Å². The van der Waals surface area contributed by atoms with E-state index in [0.29, 0.717) is 12.1 Å². The van der Waals surface area contributed by atoms with Crippen LogP contribution >= 0.6 is 0 Å². The highest BCUT2D eigenvalue weighted by Crippen LogP contribution is 2.30. The summed E-state index contributed by atoms with van der Waals surface area (Å²) in [7, 11) is 0. The maximum absolute atomic E-state index is 11.7. The lowest BCUT2D eigenvalue weighted by molar-refractivity contribution is -0.123. The molecule has 0 radical (unpaired) electrons. The zero-order valence-electron chi connectivity index (χ0n) is 10.5. The van der Waals surface area contributed by atoms with Gasteiger partial charge in [0.2, 0.25) is 5.91 Å². The summed E-state index contributed by atoms with van der Waals surface area (Å²) in [5.74, 6) is 1.07. The van der Waals surface area contributed by atoms with Gasteiger partial charge in [0.25, 0.3) is 0 Å². The minimum Gasteiger partial charge on any atom is -0.352 e. The Kier molecular flexibility index (Phi) is 3.85. The van der Waals surface area contributed by atoms with E-state index in [1.807, 2.05) is 6.92 Å². The Morgan fingerprint density at radius 3 is 2.44 bits per heavy atom. The van der Waals surface area contributed by atoms with Crippen molar-refractivity contribution in [1.82, 2.24) is 10.6 Å². The van der Waals surface area contributed by atoms with Gasteiger partial charge in [0.05, 0.1) is 6.04 Å². The van der Waals surface area contributed by atoms with Crippen LogP contribution < -0.4 is 10.6 Å². The smallest absolute Gasteiger partial charge is 0.237 e. The molecular weight excluding hydrogens is 200 g/mol. The molecule has 2 rings (SSSR count). The molecule has 3 nitrogen and oxygen atoms in total. The fraction of sp³-hybridized carbons (Fsp3) is 0.923. The van der Waals surface area contributed by atoms with E-state index in [1.165, 1.54) is 25.7 Å². The summed E-state index contributed by atoms with van der Waals surface area (Å²) in [6.07, 6.45) is 7.71. The SMILES string of the molecule is CC(CC1CCC1)NC(C)C(=O)NC1CC1. The predicted octanol–water partition coefficient (Wildman–Crippen LogP) is 1.82. The normalized spacial score (nSPS) is 24.6. The van der Waals surface area contributed by atoms with Crippen LogP contribution in [0.1, 0.15) is 52.4 Å². The second-order valence-electron chi connectivity index (χ2n) is 5.60. The van der Waals surface area contributed by atoms with Gasteiger partial charge in [0, 0.05) is 12.1 Å². The molecule has 2 N–H and O–H groups in total. The van der Waals surface area contributed by atoms with E-state index in [-0.39, 0.29) is 11.9 Å². The van der Waals surface area contributed by atoms with Crippen molar-refractivity contribution in [2.24, 2.45) is 5.92 Å². The molecule has 0 bridgehead atoms. The standard InChI is InChI=1S/C13H24N2O/c1-9(8-11-4-3-5-11)14-10(2)13(16)15-12-6-7-12/h9-12,14H,3-8H2,1-2H3,(H,15,16). The first-order valence-electron chi connectivity index (χ1n) is 6.71. The number of carbonyl (C=O) groups is 1. The van der Waals surface area contributed by atoms with Crippen LogP contribution in [-0.2, 0) is 4.79 Å². The van der Waals surface area contributed by atoms with E-state index >= 15 is 0 Å². The summed E-state index contributed by atoms with van der Waals surface area (Å²) < 4.78 is 0. The highest BCUT2D eigenvalue weighted by molar-refractivity contribution is 5.81. The first-order valence-corrected chi connectivity index (χ1v) is 6.71. The third kappa shape index (κ3) is 3.48. The minimum atomic E-state index is -0.0457. The predicted molar refractivity (Wildman–Crippen MR) is 65.2 cm³/mol. The fourth-order valence-electron chi connectivity index (χ4n) is 2.35. The third-order valence-corrected chi connectivity index (χ3v) is 3.76. The first-order chi connectivity index (χ1) is 7.65. The van der Waals surface area contributed by atoms with Gasteiger partial charge >= 0.3 is 0 Å². The maximum atomic E-state index is 11.7. The quantitative estimate of drug-likeness (QED) is 0.722. The van der Waals surface area contributed by atoms with Gasteiger partial charge in [-0.1, -0.05) is 19.3 Å². The summed E-state index contributed by atoms with van der Waals surface area (Å²) in [5.41, 5.74) is 0. The molecule has 0 aromatic rings. The largest absolute Gasteiger partial charge is 0.352 e. The Hall–Kier alpha value is -0.570. The average molecular weight is 224 g/mol. The van der Waals surface area contributed by atoms with Crippen LogP contribution in [0.4, 0.5) is 0 Å². The molecule has 2 saturated carbocycles. The third-order valence-electron chi connectivity index (χ3n) is 3.76. The summed E-state index contributed by atoms with van der Waals surface area (Å²) >= 11 is 0. The first kappa shape index (κ1) is 11.9. The van der Waals surface area contributed by atoms with Crippen molar-refractivity contribution in [2.75, 3.05) is 0 Å². The molecular formula is C13H24N2O. The zero-order valence-corrected chi connectivity index (χ0v) is 10.5. The van der Waals surface area contributed by atoms with Crippen LogP contribution in [-0.4, -0.2) is 24.0 Å². The molecule has 0 aromatic carbocycles. The number of nitrogens with one attached hydrogen (secondary N) is 2.